The van der Waals surface area contributed by atoms with Crippen molar-refractivity contribution in [1.82, 2.24) is 19.1 Å². The highest BCUT2D eigenvalue weighted by atomic mass is 16.3. The van der Waals surface area contributed by atoms with Crippen molar-refractivity contribution in [1.29, 1.82) is 0 Å². The van der Waals surface area contributed by atoms with Crippen molar-refractivity contribution in [3.63, 3.8) is 0 Å². The third-order valence-electron chi connectivity index (χ3n) is 14.5. The zero-order valence-corrected chi connectivity index (χ0v) is 35.8. The number of hydrogen-bond acceptors (Lipinski definition) is 4. The van der Waals surface area contributed by atoms with Gasteiger partial charge in [0.15, 0.2) is 0 Å². The highest BCUT2D eigenvalue weighted by molar-refractivity contribution is 6.19. The molecule has 0 N–H and O–H groups in total. The van der Waals surface area contributed by atoms with Crippen LogP contribution in [0.15, 0.2) is 203 Å². The molecular formula is C61H34N4O2. The molecule has 6 nitrogen and oxygen atoms in total. The highest BCUT2D eigenvalue weighted by Crippen LogP contribution is 2.47. The SMILES string of the molecule is c1ccc2cc3c(cc2c1)c1ccc2cc1n3-c1cc3oc4c5ccccc5ccc4c3cc1-c1nc(-n3c4ccccc4c4ccccc43)nc(-c3cccc4c3oc3ccccc34)c1C2. The molecule has 10 aromatic carbocycles. The fourth-order valence-corrected chi connectivity index (χ4v) is 11.5. The van der Waals surface area contributed by atoms with Crippen LogP contribution in [0.4, 0.5) is 0 Å². The Balaban J connectivity index is 1.11. The molecule has 6 heteroatoms. The van der Waals surface area contributed by atoms with Crippen LogP contribution in [0.1, 0.15) is 11.1 Å². The van der Waals surface area contributed by atoms with Crippen molar-refractivity contribution in [2.75, 3.05) is 0 Å². The van der Waals surface area contributed by atoms with Gasteiger partial charge in [0.1, 0.15) is 22.3 Å². The van der Waals surface area contributed by atoms with E-state index in [1.807, 2.05) is 6.07 Å². The van der Waals surface area contributed by atoms with E-state index < -0.39 is 0 Å². The van der Waals surface area contributed by atoms with Crippen LogP contribution in [0.3, 0.4) is 0 Å². The average Bonchev–Trinajstić information content (AvgIpc) is 4.13. The van der Waals surface area contributed by atoms with Crippen LogP contribution in [0, 0.1) is 0 Å². The maximum atomic E-state index is 7.02. The van der Waals surface area contributed by atoms with E-state index in [9.17, 15) is 0 Å². The summed E-state index contributed by atoms with van der Waals surface area (Å²) in [4.78, 5) is 11.6. The summed E-state index contributed by atoms with van der Waals surface area (Å²) in [6.07, 6.45) is 0.586. The van der Waals surface area contributed by atoms with Crippen LogP contribution in [0.5, 0.6) is 0 Å². The zero-order valence-electron chi connectivity index (χ0n) is 35.8. The summed E-state index contributed by atoms with van der Waals surface area (Å²) < 4.78 is 18.6. The molecule has 2 bridgehead atoms. The first-order chi connectivity index (χ1) is 33.2. The minimum absolute atomic E-state index is 0.586. The first kappa shape index (κ1) is 35.4. The van der Waals surface area contributed by atoms with Crippen LogP contribution >= 0.6 is 0 Å². The Hall–Kier alpha value is -9.00. The molecule has 0 unspecified atom stereocenters. The van der Waals surface area contributed by atoms with Crippen LogP contribution in [0.2, 0.25) is 0 Å². The Labute approximate surface area is 381 Å². The summed E-state index contributed by atoms with van der Waals surface area (Å²) in [6, 6.07) is 69.8. The van der Waals surface area contributed by atoms with Crippen LogP contribution < -0.4 is 0 Å². The summed E-state index contributed by atoms with van der Waals surface area (Å²) in [5.41, 5.74) is 14.5. The predicted molar refractivity (Wildman–Crippen MR) is 274 cm³/mol. The third-order valence-corrected chi connectivity index (χ3v) is 14.5. The first-order valence-corrected chi connectivity index (χ1v) is 22.8. The number of hydrogen-bond donors (Lipinski definition) is 0. The zero-order chi connectivity index (χ0) is 43.5. The van der Waals surface area contributed by atoms with E-state index in [1.165, 1.54) is 27.1 Å². The largest absolute Gasteiger partial charge is 0.455 e. The molecule has 0 fully saturated rings. The van der Waals surface area contributed by atoms with Crippen molar-refractivity contribution in [2.45, 2.75) is 6.42 Å². The van der Waals surface area contributed by atoms with Gasteiger partial charge in [-0.2, -0.15) is 0 Å². The average molecular weight is 855 g/mol. The summed E-state index contributed by atoms with van der Waals surface area (Å²) >= 11 is 0. The van der Waals surface area contributed by atoms with E-state index in [0.29, 0.717) is 12.4 Å². The normalized spacial score (nSPS) is 12.7. The van der Waals surface area contributed by atoms with Gasteiger partial charge < -0.3 is 13.4 Å². The van der Waals surface area contributed by atoms with Crippen LogP contribution in [-0.2, 0) is 6.42 Å². The molecule has 1 aliphatic heterocycles. The first-order valence-electron chi connectivity index (χ1n) is 22.8. The maximum Gasteiger partial charge on any atom is 0.235 e. The molecule has 0 aliphatic carbocycles. The van der Waals surface area contributed by atoms with Gasteiger partial charge in [-0.25, -0.2) is 9.97 Å². The lowest BCUT2D eigenvalue weighted by Gasteiger charge is -2.19. The van der Waals surface area contributed by atoms with E-state index in [1.54, 1.807) is 0 Å². The second-order valence-corrected chi connectivity index (χ2v) is 18.1. The molecule has 0 spiro atoms. The molecule has 0 radical (unpaired) electrons. The maximum absolute atomic E-state index is 7.02. The number of rotatable bonds is 2. The molecule has 6 heterocycles. The molecule has 0 saturated heterocycles. The molecule has 310 valence electrons. The Bertz CT molecular complexity index is 4620. The lowest BCUT2D eigenvalue weighted by atomic mass is 9.92. The summed E-state index contributed by atoms with van der Waals surface area (Å²) in [7, 11) is 0. The molecule has 0 atom stereocenters. The van der Waals surface area contributed by atoms with E-state index in [4.69, 9.17) is 18.8 Å². The standard InChI is InChI=1S/C61H34N4O2/c1-2-14-37-31-53-46(30-36(37)13-1)41-26-24-34-28-49-57(45-20-11-19-43-42-18-7-10-23-55(42)66-60(43)45)62-61(65-50-21-8-5-16-39(50)40-17-6-9-22-51(40)65)63-58(49)48-32-47-44-27-25-35-12-3-4-15-38(35)59(44)67-56(47)33-54(48)64(53)52(41)29-34/h1-27,29-33H,28H2. The quantitative estimate of drug-likeness (QED) is 0.174. The van der Waals surface area contributed by atoms with Gasteiger partial charge in [0.25, 0.3) is 0 Å². The molecule has 0 saturated carbocycles. The van der Waals surface area contributed by atoms with Crippen LogP contribution in [0.25, 0.3) is 143 Å². The summed E-state index contributed by atoms with van der Waals surface area (Å²) in [5, 5.41) is 13.6. The second kappa shape index (κ2) is 12.8. The molecule has 15 aromatic rings. The second-order valence-electron chi connectivity index (χ2n) is 18.1. The number of para-hydroxylation sites is 4. The van der Waals surface area contributed by atoms with Crippen molar-refractivity contribution >= 4 is 109 Å². The number of nitrogens with zero attached hydrogens (tertiary/aromatic N) is 4. The molecule has 5 aromatic heterocycles. The third kappa shape index (κ3) is 4.78. The minimum atomic E-state index is 0.586. The topological polar surface area (TPSA) is 61.9 Å². The number of furan rings is 2. The number of aromatic nitrogens is 4. The van der Waals surface area contributed by atoms with Crippen molar-refractivity contribution in [2.24, 2.45) is 0 Å². The Kier molecular flexibility index (Phi) is 6.78. The van der Waals surface area contributed by atoms with Gasteiger partial charge in [0.05, 0.1) is 39.1 Å². The molecule has 1 aliphatic rings. The fourth-order valence-electron chi connectivity index (χ4n) is 11.5. The van der Waals surface area contributed by atoms with Crippen molar-refractivity contribution < 1.29 is 8.83 Å². The molecule has 0 amide bonds. The van der Waals surface area contributed by atoms with Gasteiger partial charge in [-0.15, -0.1) is 0 Å². The summed E-state index contributed by atoms with van der Waals surface area (Å²) in [6.45, 7) is 0. The van der Waals surface area contributed by atoms with Crippen LogP contribution in [-0.4, -0.2) is 19.1 Å². The van der Waals surface area contributed by atoms with Gasteiger partial charge in [0, 0.05) is 77.7 Å². The number of benzene rings is 10. The monoisotopic (exact) mass is 854 g/mol. The highest BCUT2D eigenvalue weighted by Gasteiger charge is 2.29. The van der Waals surface area contributed by atoms with Gasteiger partial charge in [-0.1, -0.05) is 133 Å². The fraction of sp³-hybridized carbons (Fsp3) is 0.0164. The van der Waals surface area contributed by atoms with Gasteiger partial charge in [0.2, 0.25) is 5.95 Å². The van der Waals surface area contributed by atoms with E-state index in [-0.39, 0.29) is 0 Å². The Morgan fingerprint density at radius 3 is 1.79 bits per heavy atom. The Morgan fingerprint density at radius 2 is 0.970 bits per heavy atom. The van der Waals surface area contributed by atoms with Gasteiger partial charge in [-0.05, 0) is 76.3 Å². The number of fused-ring (bicyclic) bond motifs is 20. The lowest BCUT2D eigenvalue weighted by molar-refractivity contribution is 0.669. The summed E-state index contributed by atoms with van der Waals surface area (Å²) in [5.74, 6) is 0.591. The van der Waals surface area contributed by atoms with Gasteiger partial charge in [-0.3, -0.25) is 4.57 Å². The predicted octanol–water partition coefficient (Wildman–Crippen LogP) is 16.0. The van der Waals surface area contributed by atoms with Gasteiger partial charge >= 0.3 is 0 Å². The molecule has 16 rings (SSSR count). The van der Waals surface area contributed by atoms with Crippen molar-refractivity contribution in [3.8, 4) is 34.2 Å². The minimum Gasteiger partial charge on any atom is -0.455 e. The molecule has 67 heavy (non-hydrogen) atoms. The smallest absolute Gasteiger partial charge is 0.235 e. The van der Waals surface area contributed by atoms with E-state index in [0.717, 1.165) is 121 Å². The van der Waals surface area contributed by atoms with E-state index >= 15 is 0 Å². The Morgan fingerprint density at radius 1 is 0.358 bits per heavy atom. The molecular weight excluding hydrogens is 821 g/mol. The van der Waals surface area contributed by atoms with Crippen molar-refractivity contribution in [3.05, 3.63) is 205 Å². The van der Waals surface area contributed by atoms with E-state index in [2.05, 4.69) is 197 Å². The lowest BCUT2D eigenvalue weighted by Crippen LogP contribution is -2.09.